The van der Waals surface area contributed by atoms with Gasteiger partial charge in [0.2, 0.25) is 16.4 Å². The predicted molar refractivity (Wildman–Crippen MR) is 110 cm³/mol. The highest BCUT2D eigenvalue weighted by Crippen LogP contribution is 2.47. The number of ether oxygens (including phenoxy) is 2. The lowest BCUT2D eigenvalue weighted by molar-refractivity contribution is -0.151. The lowest BCUT2D eigenvalue weighted by Crippen LogP contribution is -2.39. The maximum Gasteiger partial charge on any atom is 0.247 e. The Balaban J connectivity index is 1.86. The van der Waals surface area contributed by atoms with Gasteiger partial charge in [0.05, 0.1) is 10.9 Å². The van der Waals surface area contributed by atoms with Crippen LogP contribution in [0.3, 0.4) is 0 Å². The van der Waals surface area contributed by atoms with Crippen LogP contribution < -0.4 is 0 Å². The summed E-state index contributed by atoms with van der Waals surface area (Å²) in [6, 6.07) is 25.4. The zero-order valence-corrected chi connectivity index (χ0v) is 17.1. The summed E-state index contributed by atoms with van der Waals surface area (Å²) in [6.07, 6.45) is -1.53. The van der Waals surface area contributed by atoms with E-state index in [1.165, 1.54) is 11.4 Å². The highest BCUT2D eigenvalue weighted by atomic mass is 32.2. The van der Waals surface area contributed by atoms with E-state index in [0.717, 1.165) is 16.7 Å². The van der Waals surface area contributed by atoms with Crippen LogP contribution in [0.4, 0.5) is 0 Å². The van der Waals surface area contributed by atoms with Crippen molar-refractivity contribution in [1.82, 2.24) is 4.31 Å². The molecule has 29 heavy (non-hydrogen) atoms. The van der Waals surface area contributed by atoms with E-state index in [4.69, 9.17) is 9.47 Å². The maximum atomic E-state index is 13.6. The number of hydrogen-bond donors (Lipinski definition) is 0. The summed E-state index contributed by atoms with van der Waals surface area (Å²) in [5.41, 5.74) is 2.73. The van der Waals surface area contributed by atoms with Crippen molar-refractivity contribution in [1.29, 1.82) is 0 Å². The van der Waals surface area contributed by atoms with E-state index in [0.29, 0.717) is 0 Å². The molecule has 1 aliphatic heterocycles. The molecule has 1 saturated heterocycles. The molecule has 0 bridgehead atoms. The monoisotopic (exact) mass is 409 g/mol. The minimum Gasteiger partial charge on any atom is -0.342 e. The van der Waals surface area contributed by atoms with Crippen LogP contribution in [-0.2, 0) is 19.5 Å². The Hall–Kier alpha value is -2.51. The van der Waals surface area contributed by atoms with Gasteiger partial charge in [-0.3, -0.25) is 0 Å². The summed E-state index contributed by atoms with van der Waals surface area (Å²) in [6.45, 7) is 1.92. The molecule has 1 aliphatic rings. The molecule has 3 aromatic rings. The minimum absolute atomic E-state index is 0.211. The van der Waals surface area contributed by atoms with Crippen LogP contribution in [0.1, 0.15) is 28.8 Å². The van der Waals surface area contributed by atoms with Crippen LogP contribution in [0.25, 0.3) is 0 Å². The molecule has 3 atom stereocenters. The molecule has 0 amide bonds. The normalized spacial score (nSPS) is 22.6. The van der Waals surface area contributed by atoms with Gasteiger partial charge in [-0.15, -0.1) is 4.31 Å². The SMILES string of the molecule is COC1O[C@H](c2ccccc2)[C@H](c2ccccc2)N1S(=O)(=O)c1ccc(C)cc1. The van der Waals surface area contributed by atoms with Crippen LogP contribution in [-0.4, -0.2) is 26.2 Å². The molecule has 3 aromatic carbocycles. The van der Waals surface area contributed by atoms with Crippen molar-refractivity contribution in [2.24, 2.45) is 0 Å². The lowest BCUT2D eigenvalue weighted by Gasteiger charge is -2.27. The van der Waals surface area contributed by atoms with Crippen LogP contribution in [0.15, 0.2) is 89.8 Å². The molecule has 0 saturated carbocycles. The smallest absolute Gasteiger partial charge is 0.247 e. The van der Waals surface area contributed by atoms with Crippen molar-refractivity contribution in [3.05, 3.63) is 102 Å². The van der Waals surface area contributed by atoms with Gasteiger partial charge in [-0.25, -0.2) is 8.42 Å². The topological polar surface area (TPSA) is 55.8 Å². The first-order valence-corrected chi connectivity index (χ1v) is 10.8. The third-order valence-electron chi connectivity index (χ3n) is 5.10. The molecule has 0 spiro atoms. The summed E-state index contributed by atoms with van der Waals surface area (Å²) in [5.74, 6) is 0. The predicted octanol–water partition coefficient (Wildman–Crippen LogP) is 4.43. The summed E-state index contributed by atoms with van der Waals surface area (Å²) in [5, 5.41) is 0. The van der Waals surface area contributed by atoms with Crippen LogP contribution in [0.2, 0.25) is 0 Å². The third kappa shape index (κ3) is 3.72. The minimum atomic E-state index is -3.87. The Morgan fingerprint density at radius 2 is 1.38 bits per heavy atom. The van der Waals surface area contributed by atoms with Gasteiger partial charge in [0.1, 0.15) is 6.10 Å². The number of sulfonamides is 1. The highest BCUT2D eigenvalue weighted by molar-refractivity contribution is 7.89. The van der Waals surface area contributed by atoms with Gasteiger partial charge in [-0.1, -0.05) is 78.4 Å². The first kappa shape index (κ1) is 19.8. The third-order valence-corrected chi connectivity index (χ3v) is 6.92. The molecule has 1 unspecified atom stereocenters. The number of aryl methyl sites for hydroxylation is 1. The Morgan fingerprint density at radius 3 is 1.93 bits per heavy atom. The van der Waals surface area contributed by atoms with Crippen molar-refractivity contribution in [2.75, 3.05) is 7.11 Å². The van der Waals surface area contributed by atoms with Crippen LogP contribution in [0.5, 0.6) is 0 Å². The Morgan fingerprint density at radius 1 is 0.828 bits per heavy atom. The molecule has 0 aliphatic carbocycles. The highest BCUT2D eigenvalue weighted by Gasteiger charge is 2.50. The first-order valence-electron chi connectivity index (χ1n) is 9.41. The Labute approximate surface area is 171 Å². The van der Waals surface area contributed by atoms with Crippen LogP contribution >= 0.6 is 0 Å². The standard InChI is InChI=1S/C23H23NO4S/c1-17-13-15-20(16-14-17)29(25,26)24-21(18-9-5-3-6-10-18)22(28-23(24)27-2)19-11-7-4-8-12-19/h3-16,21-23H,1-2H3/t21-,22+,23?/m0/s1. The average Bonchev–Trinajstić information content (AvgIpc) is 3.16. The van der Waals surface area contributed by atoms with Crippen molar-refractivity contribution < 1.29 is 17.9 Å². The van der Waals surface area contributed by atoms with E-state index in [9.17, 15) is 8.42 Å². The van der Waals surface area contributed by atoms with Crippen molar-refractivity contribution >= 4 is 10.0 Å². The molecule has 0 aromatic heterocycles. The van der Waals surface area contributed by atoms with E-state index >= 15 is 0 Å². The quantitative estimate of drug-likeness (QED) is 0.626. The molecule has 6 heteroatoms. The van der Waals surface area contributed by atoms with Gasteiger partial charge in [0.25, 0.3) is 0 Å². The van der Waals surface area contributed by atoms with Gasteiger partial charge in [-0.05, 0) is 30.2 Å². The van der Waals surface area contributed by atoms with Gasteiger partial charge >= 0.3 is 0 Å². The lowest BCUT2D eigenvalue weighted by atomic mass is 9.97. The second kappa shape index (κ2) is 8.08. The molecule has 150 valence electrons. The molecule has 4 rings (SSSR count). The zero-order chi connectivity index (χ0) is 20.4. The molecule has 0 radical (unpaired) electrons. The molecule has 1 fully saturated rings. The van der Waals surface area contributed by atoms with Crippen molar-refractivity contribution in [3.63, 3.8) is 0 Å². The number of hydrogen-bond acceptors (Lipinski definition) is 4. The number of methoxy groups -OCH3 is 1. The summed E-state index contributed by atoms with van der Waals surface area (Å²) >= 11 is 0. The number of benzene rings is 3. The Bertz CT molecular complexity index is 1050. The van der Waals surface area contributed by atoms with Gasteiger partial charge < -0.3 is 9.47 Å². The molecular weight excluding hydrogens is 386 g/mol. The van der Waals surface area contributed by atoms with E-state index in [1.807, 2.05) is 67.6 Å². The molecule has 5 nitrogen and oxygen atoms in total. The summed E-state index contributed by atoms with van der Waals surface area (Å²) in [4.78, 5) is 0.211. The average molecular weight is 410 g/mol. The fourth-order valence-electron chi connectivity index (χ4n) is 3.65. The van der Waals surface area contributed by atoms with Gasteiger partial charge in [-0.2, -0.15) is 0 Å². The van der Waals surface area contributed by atoms with Crippen molar-refractivity contribution in [2.45, 2.75) is 30.4 Å². The molecular formula is C23H23NO4S. The zero-order valence-electron chi connectivity index (χ0n) is 16.3. The van der Waals surface area contributed by atoms with E-state index in [-0.39, 0.29) is 4.90 Å². The maximum absolute atomic E-state index is 13.6. The second-order valence-corrected chi connectivity index (χ2v) is 8.86. The fraction of sp³-hybridized carbons (Fsp3) is 0.217. The fourth-order valence-corrected chi connectivity index (χ4v) is 5.27. The Kier molecular flexibility index (Phi) is 5.52. The van der Waals surface area contributed by atoms with E-state index < -0.39 is 28.6 Å². The summed E-state index contributed by atoms with van der Waals surface area (Å²) < 4.78 is 40.2. The molecule has 0 N–H and O–H groups in total. The van der Waals surface area contributed by atoms with Gasteiger partial charge in [0, 0.05) is 7.11 Å². The van der Waals surface area contributed by atoms with Crippen LogP contribution in [0, 0.1) is 6.92 Å². The van der Waals surface area contributed by atoms with E-state index in [1.54, 1.807) is 24.3 Å². The van der Waals surface area contributed by atoms with Gasteiger partial charge in [0.15, 0.2) is 0 Å². The number of rotatable bonds is 5. The largest absolute Gasteiger partial charge is 0.342 e. The second-order valence-electron chi connectivity index (χ2n) is 7.01. The summed E-state index contributed by atoms with van der Waals surface area (Å²) in [7, 11) is -2.42. The van der Waals surface area contributed by atoms with Crippen molar-refractivity contribution in [3.8, 4) is 0 Å². The van der Waals surface area contributed by atoms with E-state index in [2.05, 4.69) is 0 Å². The molecule has 1 heterocycles. The number of nitrogens with zero attached hydrogens (tertiary/aromatic N) is 1. The first-order chi connectivity index (χ1) is 14.0.